The topological polar surface area (TPSA) is 49.3 Å². The van der Waals surface area contributed by atoms with Crippen molar-refractivity contribution in [3.05, 3.63) is 34.6 Å². The molecule has 20 heavy (non-hydrogen) atoms. The number of benzene rings is 1. The van der Waals surface area contributed by atoms with Gasteiger partial charge < -0.3 is 10.4 Å². The summed E-state index contributed by atoms with van der Waals surface area (Å²) in [5.41, 5.74) is 0.826. The Morgan fingerprint density at radius 2 is 2.10 bits per heavy atom. The highest BCUT2D eigenvalue weighted by Crippen LogP contribution is 2.26. The molecule has 112 valence electrons. The molecule has 5 heteroatoms. The van der Waals surface area contributed by atoms with Crippen molar-refractivity contribution in [2.24, 2.45) is 5.41 Å². The summed E-state index contributed by atoms with van der Waals surface area (Å²) in [7, 11) is 0. The maximum Gasteiger partial charge on any atom is 0.303 e. The average molecular weight is 302 g/mol. The minimum absolute atomic E-state index is 0.0172. The van der Waals surface area contributed by atoms with E-state index in [2.05, 4.69) is 19.2 Å². The minimum Gasteiger partial charge on any atom is -0.481 e. The van der Waals surface area contributed by atoms with Crippen molar-refractivity contribution in [2.45, 2.75) is 39.7 Å². The van der Waals surface area contributed by atoms with Gasteiger partial charge in [-0.15, -0.1) is 0 Å². The second-order valence-electron chi connectivity index (χ2n) is 5.73. The summed E-state index contributed by atoms with van der Waals surface area (Å²) >= 11 is 5.62. The third-order valence-corrected chi connectivity index (χ3v) is 3.61. The van der Waals surface area contributed by atoms with Gasteiger partial charge in [-0.25, -0.2) is 4.39 Å². The van der Waals surface area contributed by atoms with Crippen LogP contribution in [0.5, 0.6) is 0 Å². The van der Waals surface area contributed by atoms with Gasteiger partial charge in [0.15, 0.2) is 0 Å². The number of halogens is 2. The molecule has 1 aromatic rings. The lowest BCUT2D eigenvalue weighted by molar-refractivity contribution is -0.137. The summed E-state index contributed by atoms with van der Waals surface area (Å²) in [4.78, 5) is 10.6. The molecule has 0 fully saturated rings. The predicted octanol–water partition coefficient (Wildman–Crippen LogP) is 3.85. The van der Waals surface area contributed by atoms with Crippen molar-refractivity contribution in [1.82, 2.24) is 5.32 Å². The van der Waals surface area contributed by atoms with E-state index in [-0.39, 0.29) is 16.9 Å². The molecule has 0 radical (unpaired) electrons. The van der Waals surface area contributed by atoms with Crippen molar-refractivity contribution in [2.75, 3.05) is 6.54 Å². The van der Waals surface area contributed by atoms with Gasteiger partial charge in [0, 0.05) is 13.0 Å². The molecular weight excluding hydrogens is 281 g/mol. The summed E-state index contributed by atoms with van der Waals surface area (Å²) in [6.45, 7) is 5.44. The molecule has 0 bridgehead atoms. The number of carboxylic acid groups (broad SMARTS) is 1. The molecule has 0 aliphatic carbocycles. The zero-order valence-corrected chi connectivity index (χ0v) is 12.6. The van der Waals surface area contributed by atoms with Gasteiger partial charge in [-0.2, -0.15) is 0 Å². The van der Waals surface area contributed by atoms with Crippen molar-refractivity contribution in [3.63, 3.8) is 0 Å². The molecule has 2 N–H and O–H groups in total. The van der Waals surface area contributed by atoms with E-state index in [9.17, 15) is 9.18 Å². The summed E-state index contributed by atoms with van der Waals surface area (Å²) in [6.07, 6.45) is 1.71. The third kappa shape index (κ3) is 6.35. The van der Waals surface area contributed by atoms with Crippen molar-refractivity contribution in [3.8, 4) is 0 Å². The fourth-order valence-electron chi connectivity index (χ4n) is 1.88. The average Bonchev–Trinajstić information content (AvgIpc) is 2.37. The van der Waals surface area contributed by atoms with Gasteiger partial charge in [0.25, 0.3) is 0 Å². The number of carboxylic acids is 1. The Morgan fingerprint density at radius 3 is 2.70 bits per heavy atom. The molecular formula is C15H21ClFNO2. The monoisotopic (exact) mass is 301 g/mol. The van der Waals surface area contributed by atoms with Gasteiger partial charge in [0.1, 0.15) is 5.82 Å². The zero-order valence-electron chi connectivity index (χ0n) is 11.9. The van der Waals surface area contributed by atoms with Crippen LogP contribution in [0.4, 0.5) is 4.39 Å². The molecule has 0 saturated heterocycles. The first-order chi connectivity index (χ1) is 9.30. The van der Waals surface area contributed by atoms with Crippen LogP contribution < -0.4 is 5.32 Å². The molecule has 0 heterocycles. The van der Waals surface area contributed by atoms with Crippen LogP contribution in [0.25, 0.3) is 0 Å². The van der Waals surface area contributed by atoms with Gasteiger partial charge in [-0.05, 0) is 42.5 Å². The summed E-state index contributed by atoms with van der Waals surface area (Å²) in [5.74, 6) is -1.17. The van der Waals surface area contributed by atoms with Gasteiger partial charge in [-0.1, -0.05) is 31.5 Å². The first-order valence-electron chi connectivity index (χ1n) is 6.67. The lowest BCUT2D eigenvalue weighted by Gasteiger charge is -2.23. The van der Waals surface area contributed by atoms with Crippen LogP contribution in [-0.2, 0) is 11.3 Å². The van der Waals surface area contributed by atoms with E-state index in [1.54, 1.807) is 12.1 Å². The van der Waals surface area contributed by atoms with E-state index >= 15 is 0 Å². The SMILES string of the molecule is CC(C)(CCNCc1ccc(Cl)c(F)c1)CCC(=O)O. The molecule has 0 unspecified atom stereocenters. The van der Waals surface area contributed by atoms with Crippen LogP contribution in [0.3, 0.4) is 0 Å². The maximum absolute atomic E-state index is 13.2. The van der Waals surface area contributed by atoms with Gasteiger partial charge in [0.2, 0.25) is 0 Å². The van der Waals surface area contributed by atoms with Crippen molar-refractivity contribution in [1.29, 1.82) is 0 Å². The fraction of sp³-hybridized carbons (Fsp3) is 0.533. The van der Waals surface area contributed by atoms with E-state index < -0.39 is 11.8 Å². The molecule has 0 spiro atoms. The van der Waals surface area contributed by atoms with E-state index in [0.29, 0.717) is 13.0 Å². The van der Waals surface area contributed by atoms with Crippen molar-refractivity contribution >= 4 is 17.6 Å². The summed E-state index contributed by atoms with van der Waals surface area (Å²) in [6, 6.07) is 4.75. The molecule has 0 aromatic heterocycles. The molecule has 1 rings (SSSR count). The van der Waals surface area contributed by atoms with E-state index in [0.717, 1.165) is 18.5 Å². The summed E-state index contributed by atoms with van der Waals surface area (Å²) < 4.78 is 13.2. The van der Waals surface area contributed by atoms with E-state index in [1.807, 2.05) is 0 Å². The molecule has 0 saturated carbocycles. The summed E-state index contributed by atoms with van der Waals surface area (Å²) in [5, 5.41) is 12.0. The number of aliphatic carboxylic acids is 1. The Balaban J connectivity index is 2.30. The smallest absolute Gasteiger partial charge is 0.303 e. The standard InChI is InChI=1S/C15H21ClFNO2/c1-15(2,6-5-14(19)20)7-8-18-10-11-3-4-12(16)13(17)9-11/h3-4,9,18H,5-8,10H2,1-2H3,(H,19,20). The second-order valence-corrected chi connectivity index (χ2v) is 6.14. The minimum atomic E-state index is -0.761. The number of hydrogen-bond acceptors (Lipinski definition) is 2. The molecule has 0 amide bonds. The van der Waals surface area contributed by atoms with Crippen LogP contribution in [-0.4, -0.2) is 17.6 Å². The number of nitrogens with one attached hydrogen (secondary N) is 1. The molecule has 0 atom stereocenters. The maximum atomic E-state index is 13.2. The van der Waals surface area contributed by atoms with Gasteiger partial charge in [-0.3, -0.25) is 4.79 Å². The number of hydrogen-bond donors (Lipinski definition) is 2. The van der Waals surface area contributed by atoms with Crippen molar-refractivity contribution < 1.29 is 14.3 Å². The van der Waals surface area contributed by atoms with Crippen LogP contribution >= 0.6 is 11.6 Å². The molecule has 1 aromatic carbocycles. The first kappa shape index (κ1) is 16.9. The number of rotatable bonds is 8. The highest BCUT2D eigenvalue weighted by molar-refractivity contribution is 6.30. The van der Waals surface area contributed by atoms with E-state index in [4.69, 9.17) is 16.7 Å². The van der Waals surface area contributed by atoms with Gasteiger partial charge in [0.05, 0.1) is 5.02 Å². The lowest BCUT2D eigenvalue weighted by Crippen LogP contribution is -2.23. The highest BCUT2D eigenvalue weighted by atomic mass is 35.5. The number of carbonyl (C=O) groups is 1. The fourth-order valence-corrected chi connectivity index (χ4v) is 2.00. The zero-order chi connectivity index (χ0) is 15.2. The molecule has 3 nitrogen and oxygen atoms in total. The first-order valence-corrected chi connectivity index (χ1v) is 7.04. The quantitative estimate of drug-likeness (QED) is 0.717. The molecule has 0 aliphatic heterocycles. The third-order valence-electron chi connectivity index (χ3n) is 3.31. The van der Waals surface area contributed by atoms with E-state index in [1.165, 1.54) is 6.07 Å². The Labute approximate surface area is 124 Å². The Morgan fingerprint density at radius 1 is 1.40 bits per heavy atom. The predicted molar refractivity (Wildman–Crippen MR) is 78.4 cm³/mol. The largest absolute Gasteiger partial charge is 0.481 e. The van der Waals surface area contributed by atoms with Crippen LogP contribution in [0.2, 0.25) is 5.02 Å². The molecule has 0 aliphatic rings. The van der Waals surface area contributed by atoms with Crippen LogP contribution in [0.1, 0.15) is 38.7 Å². The Hall–Kier alpha value is -1.13. The Kier molecular flexibility index (Phi) is 6.43. The van der Waals surface area contributed by atoms with Gasteiger partial charge >= 0.3 is 5.97 Å². The normalized spacial score (nSPS) is 11.6. The second kappa shape index (κ2) is 7.60. The van der Waals surface area contributed by atoms with Crippen LogP contribution in [0.15, 0.2) is 18.2 Å². The lowest BCUT2D eigenvalue weighted by atomic mass is 9.84. The Bertz CT molecular complexity index is 463. The highest BCUT2D eigenvalue weighted by Gasteiger charge is 2.18. The van der Waals surface area contributed by atoms with Crippen LogP contribution in [0, 0.1) is 11.2 Å².